The second-order valence-electron chi connectivity index (χ2n) is 12.4. The van der Waals surface area contributed by atoms with Gasteiger partial charge in [-0.05, 0) is 82.2 Å². The van der Waals surface area contributed by atoms with Crippen molar-refractivity contribution in [2.24, 2.45) is 5.92 Å². The molecule has 4 atom stereocenters. The Balaban J connectivity index is 2.04. The molecule has 1 fully saturated rings. The fourth-order valence-corrected chi connectivity index (χ4v) is 5.02. The van der Waals surface area contributed by atoms with Crippen molar-refractivity contribution in [2.75, 3.05) is 6.54 Å². The van der Waals surface area contributed by atoms with Crippen molar-refractivity contribution in [3.63, 3.8) is 0 Å². The highest BCUT2D eigenvalue weighted by molar-refractivity contribution is 5.93. The molecule has 4 unspecified atom stereocenters. The molecule has 0 aliphatic heterocycles. The zero-order valence-electron chi connectivity index (χ0n) is 25.6. The van der Waals surface area contributed by atoms with Crippen LogP contribution in [0.2, 0.25) is 0 Å². The van der Waals surface area contributed by atoms with Crippen LogP contribution in [0.5, 0.6) is 5.75 Å². The SMILES string of the molecule is CCCCCNC(=O)C(c1cc(C)ccc1C)N(C(=O)C(Cc1ccc(O)cc1)NC(=O)OC(C)(C)C)C1CC1C. The number of aromatic hydroxyl groups is 1. The molecule has 0 radical (unpaired) electrons. The van der Waals surface area contributed by atoms with Gasteiger partial charge in [-0.2, -0.15) is 0 Å². The second kappa shape index (κ2) is 13.9. The van der Waals surface area contributed by atoms with Gasteiger partial charge in [0.15, 0.2) is 0 Å². The van der Waals surface area contributed by atoms with Crippen LogP contribution in [0.15, 0.2) is 42.5 Å². The summed E-state index contributed by atoms with van der Waals surface area (Å²) in [5, 5.41) is 15.7. The van der Waals surface area contributed by atoms with E-state index in [2.05, 4.69) is 24.5 Å². The minimum absolute atomic E-state index is 0.111. The quantitative estimate of drug-likeness (QED) is 0.285. The van der Waals surface area contributed by atoms with Gasteiger partial charge >= 0.3 is 6.09 Å². The summed E-state index contributed by atoms with van der Waals surface area (Å²) < 4.78 is 5.52. The summed E-state index contributed by atoms with van der Waals surface area (Å²) in [6.45, 7) is 13.9. The van der Waals surface area contributed by atoms with Crippen LogP contribution in [0.1, 0.15) is 88.6 Å². The number of benzene rings is 2. The summed E-state index contributed by atoms with van der Waals surface area (Å²) >= 11 is 0. The van der Waals surface area contributed by atoms with Gasteiger partial charge in [0.2, 0.25) is 11.8 Å². The molecule has 3 amide bonds. The number of phenols is 1. The Labute approximate surface area is 244 Å². The standard InChI is InChI=1S/C33H47N3O5/c1-8-9-10-17-34-30(38)29(26-18-21(2)11-12-22(26)3)36(28-19-23(28)4)31(39)27(35-32(40)41-33(5,6)7)20-24-13-15-25(37)16-14-24/h11-16,18,23,27-29,37H,8-10,17,19-20H2,1-7H3,(H,34,38)(H,35,40). The first-order valence-corrected chi connectivity index (χ1v) is 14.7. The first kappa shape index (κ1) is 32.0. The van der Waals surface area contributed by atoms with E-state index in [0.29, 0.717) is 6.54 Å². The average Bonchev–Trinajstić information content (AvgIpc) is 3.61. The van der Waals surface area contributed by atoms with Crippen molar-refractivity contribution in [3.8, 4) is 5.75 Å². The highest BCUT2D eigenvalue weighted by atomic mass is 16.6. The Morgan fingerprint density at radius 3 is 2.32 bits per heavy atom. The number of amides is 3. The van der Waals surface area contributed by atoms with Gasteiger partial charge in [-0.1, -0.05) is 62.6 Å². The molecule has 1 aliphatic carbocycles. The van der Waals surface area contributed by atoms with Gasteiger partial charge in [-0.15, -0.1) is 0 Å². The number of aryl methyl sites for hydroxylation is 2. The molecule has 0 spiro atoms. The van der Waals surface area contributed by atoms with E-state index in [1.807, 2.05) is 32.0 Å². The monoisotopic (exact) mass is 565 g/mol. The lowest BCUT2D eigenvalue weighted by atomic mass is 9.95. The number of unbranched alkanes of at least 4 members (excludes halogenated alkanes) is 2. The fraction of sp³-hybridized carbons (Fsp3) is 0.545. The van der Waals surface area contributed by atoms with E-state index in [0.717, 1.165) is 47.9 Å². The molecular formula is C33H47N3O5. The van der Waals surface area contributed by atoms with Crippen molar-refractivity contribution in [1.29, 1.82) is 0 Å². The zero-order valence-corrected chi connectivity index (χ0v) is 25.6. The molecule has 1 aliphatic rings. The molecule has 41 heavy (non-hydrogen) atoms. The van der Waals surface area contributed by atoms with Crippen molar-refractivity contribution < 1.29 is 24.2 Å². The average molecular weight is 566 g/mol. The number of phenolic OH excluding ortho intramolecular Hbond substituents is 1. The van der Waals surface area contributed by atoms with E-state index in [1.165, 1.54) is 0 Å². The third-order valence-electron chi connectivity index (χ3n) is 7.38. The minimum Gasteiger partial charge on any atom is -0.508 e. The van der Waals surface area contributed by atoms with E-state index in [-0.39, 0.29) is 35.9 Å². The van der Waals surface area contributed by atoms with Crippen LogP contribution >= 0.6 is 0 Å². The van der Waals surface area contributed by atoms with Crippen LogP contribution in [0.3, 0.4) is 0 Å². The normalized spacial score (nSPS) is 17.7. The van der Waals surface area contributed by atoms with E-state index in [1.54, 1.807) is 49.9 Å². The van der Waals surface area contributed by atoms with Crippen LogP contribution in [0.4, 0.5) is 4.79 Å². The summed E-state index contributed by atoms with van der Waals surface area (Å²) in [6.07, 6.45) is 3.15. The summed E-state index contributed by atoms with van der Waals surface area (Å²) in [5.41, 5.74) is 2.71. The summed E-state index contributed by atoms with van der Waals surface area (Å²) in [6, 6.07) is 10.5. The van der Waals surface area contributed by atoms with Gasteiger partial charge in [-0.3, -0.25) is 9.59 Å². The minimum atomic E-state index is -0.984. The first-order valence-electron chi connectivity index (χ1n) is 14.7. The molecule has 2 aromatic carbocycles. The number of alkyl carbamates (subject to hydrolysis) is 1. The number of ether oxygens (including phenoxy) is 1. The first-order chi connectivity index (χ1) is 19.3. The predicted molar refractivity (Wildman–Crippen MR) is 161 cm³/mol. The second-order valence-corrected chi connectivity index (χ2v) is 12.4. The summed E-state index contributed by atoms with van der Waals surface area (Å²) in [4.78, 5) is 43.1. The molecule has 3 N–H and O–H groups in total. The molecule has 0 heterocycles. The van der Waals surface area contributed by atoms with Crippen LogP contribution in [0.25, 0.3) is 0 Å². The third kappa shape index (κ3) is 9.23. The lowest BCUT2D eigenvalue weighted by Gasteiger charge is -2.36. The van der Waals surface area contributed by atoms with Crippen molar-refractivity contribution in [2.45, 2.75) is 104 Å². The Morgan fingerprint density at radius 2 is 1.73 bits per heavy atom. The number of carbonyl (C=O) groups is 3. The maximum absolute atomic E-state index is 14.6. The Morgan fingerprint density at radius 1 is 1.07 bits per heavy atom. The van der Waals surface area contributed by atoms with Gasteiger partial charge in [0.1, 0.15) is 23.4 Å². The zero-order chi connectivity index (χ0) is 30.3. The maximum atomic E-state index is 14.6. The Kier molecular flexibility index (Phi) is 10.8. The van der Waals surface area contributed by atoms with Crippen LogP contribution in [0, 0.1) is 19.8 Å². The van der Waals surface area contributed by atoms with Crippen LogP contribution in [-0.2, 0) is 20.7 Å². The molecule has 3 rings (SSSR count). The number of nitrogens with zero attached hydrogens (tertiary/aromatic N) is 1. The van der Waals surface area contributed by atoms with Gasteiger partial charge in [0.05, 0.1) is 0 Å². The molecule has 8 heteroatoms. The molecule has 0 aromatic heterocycles. The van der Waals surface area contributed by atoms with Gasteiger partial charge < -0.3 is 25.4 Å². The lowest BCUT2D eigenvalue weighted by molar-refractivity contribution is -0.143. The largest absolute Gasteiger partial charge is 0.508 e. The third-order valence-corrected chi connectivity index (χ3v) is 7.38. The van der Waals surface area contributed by atoms with Gasteiger partial charge in [0.25, 0.3) is 0 Å². The molecule has 2 aromatic rings. The lowest BCUT2D eigenvalue weighted by Crippen LogP contribution is -2.55. The number of nitrogens with one attached hydrogen (secondary N) is 2. The van der Waals surface area contributed by atoms with E-state index in [4.69, 9.17) is 4.74 Å². The van der Waals surface area contributed by atoms with Gasteiger partial charge in [0, 0.05) is 19.0 Å². The predicted octanol–water partition coefficient (Wildman–Crippen LogP) is 5.73. The molecule has 0 saturated heterocycles. The van der Waals surface area contributed by atoms with Crippen LogP contribution in [-0.4, -0.2) is 52.1 Å². The number of carbonyl (C=O) groups excluding carboxylic acids is 3. The number of hydrogen-bond donors (Lipinski definition) is 3. The Bertz CT molecular complexity index is 1200. The molecular weight excluding hydrogens is 518 g/mol. The smallest absolute Gasteiger partial charge is 0.408 e. The van der Waals surface area contributed by atoms with Gasteiger partial charge in [-0.25, -0.2) is 4.79 Å². The van der Waals surface area contributed by atoms with Crippen molar-refractivity contribution >= 4 is 17.9 Å². The Hall–Kier alpha value is -3.55. The molecule has 1 saturated carbocycles. The summed E-state index contributed by atoms with van der Waals surface area (Å²) in [5.74, 6) is -0.231. The van der Waals surface area contributed by atoms with Crippen molar-refractivity contribution in [3.05, 3.63) is 64.7 Å². The molecule has 0 bridgehead atoms. The fourth-order valence-electron chi connectivity index (χ4n) is 5.02. The highest BCUT2D eigenvalue weighted by Crippen LogP contribution is 2.41. The van der Waals surface area contributed by atoms with E-state index >= 15 is 0 Å². The summed E-state index contributed by atoms with van der Waals surface area (Å²) in [7, 11) is 0. The van der Waals surface area contributed by atoms with E-state index in [9.17, 15) is 19.5 Å². The maximum Gasteiger partial charge on any atom is 0.408 e. The number of hydrogen-bond acceptors (Lipinski definition) is 5. The van der Waals surface area contributed by atoms with E-state index < -0.39 is 23.8 Å². The van der Waals surface area contributed by atoms with Crippen LogP contribution < -0.4 is 10.6 Å². The topological polar surface area (TPSA) is 108 Å². The van der Waals surface area contributed by atoms with Crippen molar-refractivity contribution in [1.82, 2.24) is 15.5 Å². The molecule has 224 valence electrons. The molecule has 8 nitrogen and oxygen atoms in total. The number of rotatable bonds is 12. The highest BCUT2D eigenvalue weighted by Gasteiger charge is 2.48.